The molecule has 2 aromatic rings. The second kappa shape index (κ2) is 5.70. The number of rotatable bonds is 3. The predicted octanol–water partition coefficient (Wildman–Crippen LogP) is 5.40. The Labute approximate surface area is 123 Å². The van der Waals surface area contributed by atoms with Crippen LogP contribution in [0.4, 0.5) is 5.69 Å². The van der Waals surface area contributed by atoms with Crippen molar-refractivity contribution in [3.8, 4) is 0 Å². The summed E-state index contributed by atoms with van der Waals surface area (Å²) in [4.78, 5) is 0. The van der Waals surface area contributed by atoms with Gasteiger partial charge >= 0.3 is 0 Å². The smallest absolute Gasteiger partial charge is 0.0490 e. The molecule has 1 atom stereocenters. The van der Waals surface area contributed by atoms with Gasteiger partial charge in [-0.2, -0.15) is 0 Å². The molecule has 0 bridgehead atoms. The lowest BCUT2D eigenvalue weighted by Crippen LogP contribution is -2.11. The average molecular weight is 267 g/mol. The third kappa shape index (κ3) is 3.04. The number of nitrogens with one attached hydrogen (secondary N) is 1. The van der Waals surface area contributed by atoms with E-state index in [9.17, 15) is 0 Å². The first-order valence-corrected chi connectivity index (χ1v) is 7.30. The van der Waals surface area contributed by atoms with Crippen LogP contribution in [0.15, 0.2) is 30.3 Å². The van der Waals surface area contributed by atoms with E-state index >= 15 is 0 Å². The number of hydrogen-bond acceptors (Lipinski definition) is 1. The van der Waals surface area contributed by atoms with Crippen LogP contribution in [0.3, 0.4) is 0 Å². The van der Waals surface area contributed by atoms with E-state index in [1.807, 2.05) is 0 Å². The maximum Gasteiger partial charge on any atom is 0.0490 e. The largest absolute Gasteiger partial charge is 0.378 e. The van der Waals surface area contributed by atoms with Crippen LogP contribution in [-0.4, -0.2) is 0 Å². The van der Waals surface area contributed by atoms with E-state index < -0.39 is 0 Å². The van der Waals surface area contributed by atoms with Gasteiger partial charge in [-0.3, -0.25) is 0 Å². The SMILES string of the molecule is Cc1ccc(NC(C)c2c(C)cc(C)cc2C)c(C)c1. The summed E-state index contributed by atoms with van der Waals surface area (Å²) in [6.45, 7) is 13.1. The highest BCUT2D eigenvalue weighted by atomic mass is 14.9. The number of hydrogen-bond donors (Lipinski definition) is 1. The monoisotopic (exact) mass is 267 g/mol. The predicted molar refractivity (Wildman–Crippen MR) is 88.6 cm³/mol. The minimum Gasteiger partial charge on any atom is -0.378 e. The lowest BCUT2D eigenvalue weighted by molar-refractivity contribution is 0.860. The van der Waals surface area contributed by atoms with Crippen LogP contribution >= 0.6 is 0 Å². The standard InChI is InChI=1S/C19H25N/c1-12-7-8-18(14(3)9-12)20-17(6)19-15(4)10-13(2)11-16(19)5/h7-11,17,20H,1-6H3. The van der Waals surface area contributed by atoms with E-state index in [-0.39, 0.29) is 0 Å². The summed E-state index contributed by atoms with van der Waals surface area (Å²) in [7, 11) is 0. The van der Waals surface area contributed by atoms with Gasteiger partial charge in [-0.1, -0.05) is 35.4 Å². The van der Waals surface area contributed by atoms with Gasteiger partial charge in [0.25, 0.3) is 0 Å². The molecule has 1 nitrogen and oxygen atoms in total. The maximum atomic E-state index is 3.65. The maximum absolute atomic E-state index is 3.65. The second-order valence-corrected chi connectivity index (χ2v) is 6.00. The molecule has 20 heavy (non-hydrogen) atoms. The Bertz CT molecular complexity index is 603. The van der Waals surface area contributed by atoms with Gasteiger partial charge in [0.15, 0.2) is 0 Å². The Kier molecular flexibility index (Phi) is 4.17. The molecule has 0 saturated heterocycles. The van der Waals surface area contributed by atoms with Gasteiger partial charge in [-0.25, -0.2) is 0 Å². The Morgan fingerprint density at radius 1 is 0.750 bits per heavy atom. The average Bonchev–Trinajstić information content (AvgIpc) is 2.31. The fourth-order valence-electron chi connectivity index (χ4n) is 3.16. The molecule has 0 aliphatic heterocycles. The number of anilines is 1. The molecule has 1 N–H and O–H groups in total. The molecule has 0 fully saturated rings. The first-order valence-electron chi connectivity index (χ1n) is 7.30. The topological polar surface area (TPSA) is 12.0 Å². The van der Waals surface area contributed by atoms with E-state index in [1.54, 1.807) is 0 Å². The van der Waals surface area contributed by atoms with Gasteiger partial charge < -0.3 is 5.32 Å². The molecule has 0 spiro atoms. The molecule has 0 aliphatic carbocycles. The van der Waals surface area contributed by atoms with Crippen LogP contribution in [-0.2, 0) is 0 Å². The third-order valence-corrected chi connectivity index (χ3v) is 3.92. The van der Waals surface area contributed by atoms with Crippen LogP contribution in [0.5, 0.6) is 0 Å². The number of benzene rings is 2. The third-order valence-electron chi connectivity index (χ3n) is 3.92. The highest BCUT2D eigenvalue weighted by Crippen LogP contribution is 2.28. The summed E-state index contributed by atoms with van der Waals surface area (Å²) in [6.07, 6.45) is 0. The summed E-state index contributed by atoms with van der Waals surface area (Å²) in [6, 6.07) is 11.4. The van der Waals surface area contributed by atoms with Crippen molar-refractivity contribution in [3.63, 3.8) is 0 Å². The Balaban J connectivity index is 2.31. The molecule has 2 rings (SSSR count). The first-order chi connectivity index (χ1) is 9.38. The van der Waals surface area contributed by atoms with E-state index in [2.05, 4.69) is 77.2 Å². The highest BCUT2D eigenvalue weighted by Gasteiger charge is 2.12. The van der Waals surface area contributed by atoms with Gasteiger partial charge in [-0.15, -0.1) is 0 Å². The van der Waals surface area contributed by atoms with Crippen LogP contribution < -0.4 is 5.32 Å². The van der Waals surface area contributed by atoms with Gasteiger partial charge in [-0.05, 0) is 69.9 Å². The molecular weight excluding hydrogens is 242 g/mol. The molecule has 1 heteroatoms. The zero-order chi connectivity index (χ0) is 14.9. The molecule has 106 valence electrons. The fraction of sp³-hybridized carbons (Fsp3) is 0.368. The summed E-state index contributed by atoms with van der Waals surface area (Å²) in [5.74, 6) is 0. The molecule has 0 amide bonds. The lowest BCUT2D eigenvalue weighted by atomic mass is 9.94. The minimum absolute atomic E-state index is 0.317. The van der Waals surface area contributed by atoms with Crippen LogP contribution in [0, 0.1) is 34.6 Å². The van der Waals surface area contributed by atoms with E-state index in [0.717, 1.165) is 0 Å². The zero-order valence-corrected chi connectivity index (χ0v) is 13.5. The highest BCUT2D eigenvalue weighted by molar-refractivity contribution is 5.54. The van der Waals surface area contributed by atoms with E-state index in [1.165, 1.54) is 39.1 Å². The van der Waals surface area contributed by atoms with Gasteiger partial charge in [0.05, 0.1) is 0 Å². The minimum atomic E-state index is 0.317. The van der Waals surface area contributed by atoms with E-state index in [0.29, 0.717) is 6.04 Å². The zero-order valence-electron chi connectivity index (χ0n) is 13.5. The van der Waals surface area contributed by atoms with Crippen molar-refractivity contribution in [1.82, 2.24) is 0 Å². The van der Waals surface area contributed by atoms with Crippen molar-refractivity contribution in [2.45, 2.75) is 47.6 Å². The van der Waals surface area contributed by atoms with Crippen molar-refractivity contribution < 1.29 is 0 Å². The molecule has 1 unspecified atom stereocenters. The molecular formula is C19H25N. The normalized spacial score (nSPS) is 12.3. The van der Waals surface area contributed by atoms with Crippen LogP contribution in [0.1, 0.15) is 46.3 Å². The Morgan fingerprint density at radius 3 is 1.85 bits per heavy atom. The quantitative estimate of drug-likeness (QED) is 0.785. The van der Waals surface area contributed by atoms with Gasteiger partial charge in [0.2, 0.25) is 0 Å². The molecule has 0 aliphatic rings. The second-order valence-electron chi connectivity index (χ2n) is 6.00. The molecule has 0 aromatic heterocycles. The van der Waals surface area contributed by atoms with Crippen molar-refractivity contribution in [3.05, 3.63) is 63.7 Å². The van der Waals surface area contributed by atoms with Crippen molar-refractivity contribution in [2.75, 3.05) is 5.32 Å². The molecule has 0 saturated carbocycles. The summed E-state index contributed by atoms with van der Waals surface area (Å²) in [5, 5.41) is 3.65. The van der Waals surface area contributed by atoms with E-state index in [4.69, 9.17) is 0 Å². The first kappa shape index (κ1) is 14.6. The van der Waals surface area contributed by atoms with Gasteiger partial charge in [0.1, 0.15) is 0 Å². The summed E-state index contributed by atoms with van der Waals surface area (Å²) in [5.41, 5.74) is 9.32. The van der Waals surface area contributed by atoms with Crippen molar-refractivity contribution >= 4 is 5.69 Å². The van der Waals surface area contributed by atoms with Crippen molar-refractivity contribution in [2.24, 2.45) is 0 Å². The van der Waals surface area contributed by atoms with Crippen molar-refractivity contribution in [1.29, 1.82) is 0 Å². The lowest BCUT2D eigenvalue weighted by Gasteiger charge is -2.22. The molecule has 2 aromatic carbocycles. The van der Waals surface area contributed by atoms with Gasteiger partial charge in [0, 0.05) is 11.7 Å². The Hall–Kier alpha value is -1.76. The van der Waals surface area contributed by atoms with Crippen LogP contribution in [0.25, 0.3) is 0 Å². The molecule has 0 heterocycles. The summed E-state index contributed by atoms with van der Waals surface area (Å²) >= 11 is 0. The van der Waals surface area contributed by atoms with Crippen LogP contribution in [0.2, 0.25) is 0 Å². The molecule has 0 radical (unpaired) electrons. The fourth-order valence-corrected chi connectivity index (χ4v) is 3.16. The summed E-state index contributed by atoms with van der Waals surface area (Å²) < 4.78 is 0. The number of aryl methyl sites for hydroxylation is 5. The Morgan fingerprint density at radius 2 is 1.30 bits per heavy atom.